The summed E-state index contributed by atoms with van der Waals surface area (Å²) in [6, 6.07) is 9.30. The van der Waals surface area contributed by atoms with Crippen LogP contribution in [0.4, 0.5) is 4.39 Å². The fourth-order valence-electron chi connectivity index (χ4n) is 3.12. The maximum atomic E-state index is 14.1. The van der Waals surface area contributed by atoms with Crippen molar-refractivity contribution in [2.45, 2.75) is 16.7 Å². The zero-order chi connectivity index (χ0) is 18.7. The maximum absolute atomic E-state index is 14.1. The predicted octanol–water partition coefficient (Wildman–Crippen LogP) is 2.94. The highest BCUT2D eigenvalue weighted by Gasteiger charge is 2.34. The van der Waals surface area contributed by atoms with E-state index in [0.717, 1.165) is 0 Å². The molecule has 0 N–H and O–H groups in total. The highest BCUT2D eigenvalue weighted by molar-refractivity contribution is 7.98. The number of hydrogen-bond acceptors (Lipinski definition) is 5. The quantitative estimate of drug-likeness (QED) is 0.749. The van der Waals surface area contributed by atoms with Crippen molar-refractivity contribution in [3.8, 4) is 0 Å². The second kappa shape index (κ2) is 7.75. The van der Waals surface area contributed by atoms with Crippen LogP contribution in [0.1, 0.15) is 27.6 Å². The molecular weight excluding hydrogens is 375 g/mol. The van der Waals surface area contributed by atoms with Gasteiger partial charge in [0, 0.05) is 24.8 Å². The first-order valence-electron chi connectivity index (χ1n) is 8.18. The second-order valence-electron chi connectivity index (χ2n) is 6.02. The molecule has 1 aliphatic heterocycles. The number of thioether (sulfide) groups is 1. The minimum Gasteiger partial charge on any atom is -0.337 e. The summed E-state index contributed by atoms with van der Waals surface area (Å²) in [6.45, 7) is 0.342. The summed E-state index contributed by atoms with van der Waals surface area (Å²) in [4.78, 5) is 18.6. The topological polar surface area (TPSA) is 67.3 Å². The second-order valence-corrected chi connectivity index (χ2v) is 9.12. The number of nitrogens with zero attached hydrogens (tertiary/aromatic N) is 2. The number of aromatic nitrogens is 1. The van der Waals surface area contributed by atoms with Crippen LogP contribution in [0.2, 0.25) is 0 Å². The Morgan fingerprint density at radius 3 is 2.73 bits per heavy atom. The van der Waals surface area contributed by atoms with Gasteiger partial charge in [-0.1, -0.05) is 18.2 Å². The van der Waals surface area contributed by atoms with Gasteiger partial charge in [-0.25, -0.2) is 17.8 Å². The molecule has 0 saturated carbocycles. The van der Waals surface area contributed by atoms with E-state index < -0.39 is 20.9 Å². The molecule has 3 rings (SSSR count). The smallest absolute Gasteiger partial charge is 0.256 e. The van der Waals surface area contributed by atoms with Crippen LogP contribution in [0.5, 0.6) is 0 Å². The summed E-state index contributed by atoms with van der Waals surface area (Å²) in [7, 11) is -3.55. The lowest BCUT2D eigenvalue weighted by Crippen LogP contribution is -2.34. The molecular formula is C18H19FN2O3S2. The van der Waals surface area contributed by atoms with Crippen LogP contribution < -0.4 is 0 Å². The first-order chi connectivity index (χ1) is 12.4. The average Bonchev–Trinajstić information content (AvgIpc) is 2.80. The van der Waals surface area contributed by atoms with Crippen molar-refractivity contribution in [1.82, 2.24) is 9.88 Å². The van der Waals surface area contributed by atoms with Gasteiger partial charge in [-0.15, -0.1) is 11.8 Å². The van der Waals surface area contributed by atoms with E-state index in [4.69, 9.17) is 0 Å². The van der Waals surface area contributed by atoms with Gasteiger partial charge < -0.3 is 4.90 Å². The lowest BCUT2D eigenvalue weighted by Gasteiger charge is -2.21. The van der Waals surface area contributed by atoms with E-state index in [1.807, 2.05) is 6.26 Å². The SMILES string of the molecule is CSc1ncccc1C(=O)N1CCC(c2ccccc2F)S(=O)(=O)CC1. The van der Waals surface area contributed by atoms with Crippen LogP contribution in [0.25, 0.3) is 0 Å². The van der Waals surface area contributed by atoms with E-state index in [2.05, 4.69) is 4.98 Å². The van der Waals surface area contributed by atoms with Crippen molar-refractivity contribution < 1.29 is 17.6 Å². The van der Waals surface area contributed by atoms with Gasteiger partial charge in [-0.2, -0.15) is 0 Å². The summed E-state index contributed by atoms with van der Waals surface area (Å²) in [5.41, 5.74) is 0.634. The molecule has 2 aromatic rings. The fourth-order valence-corrected chi connectivity index (χ4v) is 5.46. The Bertz CT molecular complexity index is 918. The Morgan fingerprint density at radius 1 is 1.23 bits per heavy atom. The number of sulfone groups is 1. The van der Waals surface area contributed by atoms with E-state index in [1.165, 1.54) is 34.9 Å². The maximum Gasteiger partial charge on any atom is 0.256 e. The number of carbonyl (C=O) groups is 1. The monoisotopic (exact) mass is 394 g/mol. The molecule has 1 atom stereocenters. The first-order valence-corrected chi connectivity index (χ1v) is 11.1. The molecule has 1 aliphatic rings. The van der Waals surface area contributed by atoms with Crippen molar-refractivity contribution >= 4 is 27.5 Å². The standard InChI is InChI=1S/C18H19FN2O3S2/c1-25-17-14(6-4-9-20-17)18(22)21-10-8-16(26(23,24)12-11-21)13-5-2-3-7-15(13)19/h2-7,9,16H,8,10-12H2,1H3. The van der Waals surface area contributed by atoms with Gasteiger partial charge >= 0.3 is 0 Å². The molecule has 5 nitrogen and oxygen atoms in total. The summed E-state index contributed by atoms with van der Waals surface area (Å²) in [6.07, 6.45) is 3.62. The van der Waals surface area contributed by atoms with E-state index in [0.29, 0.717) is 10.6 Å². The first kappa shape index (κ1) is 18.8. The van der Waals surface area contributed by atoms with Crippen molar-refractivity contribution in [3.63, 3.8) is 0 Å². The Hall–Kier alpha value is -1.93. The van der Waals surface area contributed by atoms with Crippen LogP contribution in [0, 0.1) is 5.82 Å². The highest BCUT2D eigenvalue weighted by Crippen LogP contribution is 2.31. The Balaban J connectivity index is 1.87. The Kier molecular flexibility index (Phi) is 5.62. The van der Waals surface area contributed by atoms with Crippen LogP contribution >= 0.6 is 11.8 Å². The number of benzene rings is 1. The Morgan fingerprint density at radius 2 is 2.00 bits per heavy atom. The van der Waals surface area contributed by atoms with E-state index in [-0.39, 0.29) is 36.7 Å². The number of hydrogen-bond donors (Lipinski definition) is 0. The van der Waals surface area contributed by atoms with Crippen LogP contribution in [0.15, 0.2) is 47.6 Å². The van der Waals surface area contributed by atoms with Gasteiger partial charge in [0.1, 0.15) is 10.8 Å². The summed E-state index contributed by atoms with van der Waals surface area (Å²) < 4.78 is 39.4. The van der Waals surface area contributed by atoms with Gasteiger partial charge in [-0.05, 0) is 30.9 Å². The van der Waals surface area contributed by atoms with Gasteiger partial charge in [0.2, 0.25) is 0 Å². The molecule has 8 heteroatoms. The van der Waals surface area contributed by atoms with Crippen molar-refractivity contribution in [2.24, 2.45) is 0 Å². The third-order valence-electron chi connectivity index (χ3n) is 4.47. The number of rotatable bonds is 3. The molecule has 138 valence electrons. The minimum absolute atomic E-state index is 0.0921. The average molecular weight is 394 g/mol. The van der Waals surface area contributed by atoms with E-state index in [9.17, 15) is 17.6 Å². The molecule has 26 heavy (non-hydrogen) atoms. The number of pyridine rings is 1. The zero-order valence-corrected chi connectivity index (χ0v) is 15.9. The molecule has 0 spiro atoms. The molecule has 1 aromatic heterocycles. The largest absolute Gasteiger partial charge is 0.337 e. The number of carbonyl (C=O) groups excluding carboxylic acids is 1. The van der Waals surface area contributed by atoms with Gasteiger partial charge in [0.15, 0.2) is 9.84 Å². The number of halogens is 1. The van der Waals surface area contributed by atoms with E-state index in [1.54, 1.807) is 24.4 Å². The van der Waals surface area contributed by atoms with Crippen LogP contribution in [-0.2, 0) is 9.84 Å². The molecule has 0 radical (unpaired) electrons. The van der Waals surface area contributed by atoms with Gasteiger partial charge in [-0.3, -0.25) is 4.79 Å². The predicted molar refractivity (Wildman–Crippen MR) is 99.5 cm³/mol. The van der Waals surface area contributed by atoms with Crippen LogP contribution in [0.3, 0.4) is 0 Å². The third-order valence-corrected chi connectivity index (χ3v) is 7.29. The van der Waals surface area contributed by atoms with Crippen molar-refractivity contribution in [2.75, 3.05) is 25.1 Å². The van der Waals surface area contributed by atoms with Gasteiger partial charge in [0.25, 0.3) is 5.91 Å². The normalized spacial score (nSPS) is 19.8. The minimum atomic E-state index is -3.55. The molecule has 0 bridgehead atoms. The fraction of sp³-hybridized carbons (Fsp3) is 0.333. The van der Waals surface area contributed by atoms with Crippen molar-refractivity contribution in [3.05, 3.63) is 59.5 Å². The lowest BCUT2D eigenvalue weighted by molar-refractivity contribution is 0.0762. The molecule has 1 unspecified atom stereocenters. The number of amides is 1. The van der Waals surface area contributed by atoms with Crippen molar-refractivity contribution in [1.29, 1.82) is 0 Å². The zero-order valence-electron chi connectivity index (χ0n) is 14.3. The molecule has 2 heterocycles. The summed E-state index contributed by atoms with van der Waals surface area (Å²) in [5, 5.41) is -0.328. The summed E-state index contributed by atoms with van der Waals surface area (Å²) >= 11 is 1.37. The molecule has 1 fully saturated rings. The van der Waals surface area contributed by atoms with Gasteiger partial charge in [0.05, 0.1) is 16.6 Å². The highest BCUT2D eigenvalue weighted by atomic mass is 32.2. The lowest BCUT2D eigenvalue weighted by atomic mass is 10.1. The summed E-state index contributed by atoms with van der Waals surface area (Å²) in [5.74, 6) is -0.961. The van der Waals surface area contributed by atoms with Crippen LogP contribution in [-0.4, -0.2) is 49.3 Å². The van der Waals surface area contributed by atoms with E-state index >= 15 is 0 Å². The Labute approximate surface area is 156 Å². The molecule has 1 saturated heterocycles. The molecule has 0 aliphatic carbocycles. The molecule has 1 aromatic carbocycles. The third kappa shape index (κ3) is 3.76. The molecule has 1 amide bonds.